The summed E-state index contributed by atoms with van der Waals surface area (Å²) in [6.07, 6.45) is 0.987. The predicted molar refractivity (Wildman–Crippen MR) is 72.0 cm³/mol. The maximum atomic E-state index is 13.4. The standard InChI is InChI=1S/C14H20FN3/c1-4-7-18-13-8-11(15)5-6-12(13)17-14(18)9(2)10(3)16/h5-6,8-10H,4,7,16H2,1-3H3. The molecule has 4 heteroatoms. The molecule has 0 amide bonds. The third kappa shape index (κ3) is 2.25. The number of fused-ring (bicyclic) bond motifs is 1. The average molecular weight is 249 g/mol. The summed E-state index contributed by atoms with van der Waals surface area (Å²) in [5.41, 5.74) is 7.66. The number of halogens is 1. The van der Waals surface area contributed by atoms with Crippen molar-refractivity contribution >= 4 is 11.0 Å². The predicted octanol–water partition coefficient (Wildman–Crippen LogP) is 3.04. The first-order chi connectivity index (χ1) is 8.54. The van der Waals surface area contributed by atoms with Crippen molar-refractivity contribution in [3.05, 3.63) is 29.8 Å². The van der Waals surface area contributed by atoms with Crippen LogP contribution in [0.15, 0.2) is 18.2 Å². The normalized spacial score (nSPS) is 14.9. The maximum absolute atomic E-state index is 13.4. The molecule has 2 atom stereocenters. The fourth-order valence-corrected chi connectivity index (χ4v) is 2.16. The van der Waals surface area contributed by atoms with Crippen molar-refractivity contribution < 1.29 is 4.39 Å². The Labute approximate surface area is 107 Å². The van der Waals surface area contributed by atoms with E-state index in [2.05, 4.69) is 23.4 Å². The van der Waals surface area contributed by atoms with Gasteiger partial charge >= 0.3 is 0 Å². The average Bonchev–Trinajstić information content (AvgIpc) is 2.67. The number of nitrogens with two attached hydrogens (primary N) is 1. The van der Waals surface area contributed by atoms with Crippen LogP contribution < -0.4 is 5.73 Å². The quantitative estimate of drug-likeness (QED) is 0.905. The number of nitrogens with zero attached hydrogens (tertiary/aromatic N) is 2. The topological polar surface area (TPSA) is 43.8 Å². The SMILES string of the molecule is CCCn1c(C(C)C(C)N)nc2ccc(F)cc21. The molecule has 0 aliphatic rings. The van der Waals surface area contributed by atoms with Gasteiger partial charge in [-0.05, 0) is 31.5 Å². The zero-order valence-electron chi connectivity index (χ0n) is 11.2. The Bertz CT molecular complexity index is 545. The fourth-order valence-electron chi connectivity index (χ4n) is 2.16. The Hall–Kier alpha value is -1.42. The minimum absolute atomic E-state index is 0.0299. The Kier molecular flexibility index (Phi) is 3.66. The molecule has 0 saturated heterocycles. The van der Waals surface area contributed by atoms with Gasteiger partial charge in [0.2, 0.25) is 0 Å². The van der Waals surface area contributed by atoms with Crippen LogP contribution in [-0.2, 0) is 6.54 Å². The van der Waals surface area contributed by atoms with Crippen LogP contribution in [-0.4, -0.2) is 15.6 Å². The second kappa shape index (κ2) is 5.06. The number of rotatable bonds is 4. The Morgan fingerprint density at radius 1 is 1.39 bits per heavy atom. The molecule has 2 unspecified atom stereocenters. The van der Waals surface area contributed by atoms with Crippen molar-refractivity contribution in [1.82, 2.24) is 9.55 Å². The van der Waals surface area contributed by atoms with Gasteiger partial charge in [0.15, 0.2) is 0 Å². The van der Waals surface area contributed by atoms with Crippen molar-refractivity contribution in [3.8, 4) is 0 Å². The molecular weight excluding hydrogens is 229 g/mol. The van der Waals surface area contributed by atoms with Gasteiger partial charge in [-0.2, -0.15) is 0 Å². The lowest BCUT2D eigenvalue weighted by Crippen LogP contribution is -2.25. The van der Waals surface area contributed by atoms with Gasteiger partial charge in [-0.3, -0.25) is 0 Å². The summed E-state index contributed by atoms with van der Waals surface area (Å²) in [4.78, 5) is 4.61. The van der Waals surface area contributed by atoms with Crippen molar-refractivity contribution in [2.45, 2.75) is 45.7 Å². The molecule has 18 heavy (non-hydrogen) atoms. The third-order valence-electron chi connectivity index (χ3n) is 3.38. The molecule has 0 fully saturated rings. The van der Waals surface area contributed by atoms with Gasteiger partial charge < -0.3 is 10.3 Å². The summed E-state index contributed by atoms with van der Waals surface area (Å²) in [7, 11) is 0. The van der Waals surface area contributed by atoms with Gasteiger partial charge in [0, 0.05) is 18.5 Å². The first-order valence-electron chi connectivity index (χ1n) is 6.45. The molecule has 1 heterocycles. The lowest BCUT2D eigenvalue weighted by atomic mass is 10.0. The highest BCUT2D eigenvalue weighted by Crippen LogP contribution is 2.24. The van der Waals surface area contributed by atoms with E-state index >= 15 is 0 Å². The van der Waals surface area contributed by atoms with E-state index in [0.29, 0.717) is 0 Å². The second-order valence-electron chi connectivity index (χ2n) is 4.90. The highest BCUT2D eigenvalue weighted by atomic mass is 19.1. The molecule has 1 aromatic carbocycles. The second-order valence-corrected chi connectivity index (χ2v) is 4.90. The largest absolute Gasteiger partial charge is 0.328 e. The fraction of sp³-hybridized carbons (Fsp3) is 0.500. The first kappa shape index (κ1) is 13.0. The zero-order valence-corrected chi connectivity index (χ0v) is 11.2. The lowest BCUT2D eigenvalue weighted by molar-refractivity contribution is 0.538. The number of aromatic nitrogens is 2. The smallest absolute Gasteiger partial charge is 0.125 e. The maximum Gasteiger partial charge on any atom is 0.125 e. The van der Waals surface area contributed by atoms with Gasteiger partial charge in [-0.1, -0.05) is 13.8 Å². The van der Waals surface area contributed by atoms with Gasteiger partial charge in [0.05, 0.1) is 11.0 Å². The summed E-state index contributed by atoms with van der Waals surface area (Å²) >= 11 is 0. The molecule has 2 aromatic rings. The van der Waals surface area contributed by atoms with E-state index in [-0.39, 0.29) is 17.8 Å². The number of hydrogen-bond acceptors (Lipinski definition) is 2. The summed E-state index contributed by atoms with van der Waals surface area (Å²) in [6.45, 7) is 6.98. The van der Waals surface area contributed by atoms with Crippen LogP contribution in [0.4, 0.5) is 4.39 Å². The van der Waals surface area contributed by atoms with Crippen LogP contribution in [0.1, 0.15) is 38.9 Å². The van der Waals surface area contributed by atoms with Crippen LogP contribution >= 0.6 is 0 Å². The summed E-state index contributed by atoms with van der Waals surface area (Å²) < 4.78 is 15.4. The van der Waals surface area contributed by atoms with Gasteiger partial charge in [-0.15, -0.1) is 0 Å². The number of imidazole rings is 1. The van der Waals surface area contributed by atoms with Gasteiger partial charge in [0.25, 0.3) is 0 Å². The molecule has 0 aliphatic heterocycles. The molecule has 0 saturated carbocycles. The van der Waals surface area contributed by atoms with E-state index in [9.17, 15) is 4.39 Å². The highest BCUT2D eigenvalue weighted by molar-refractivity contribution is 5.76. The third-order valence-corrected chi connectivity index (χ3v) is 3.38. The lowest BCUT2D eigenvalue weighted by Gasteiger charge is -2.17. The minimum atomic E-state index is -0.222. The molecule has 98 valence electrons. The number of hydrogen-bond donors (Lipinski definition) is 1. The van der Waals surface area contributed by atoms with Gasteiger partial charge in [0.1, 0.15) is 11.6 Å². The Morgan fingerprint density at radius 3 is 2.72 bits per heavy atom. The Morgan fingerprint density at radius 2 is 2.11 bits per heavy atom. The molecule has 0 aliphatic carbocycles. The van der Waals surface area contributed by atoms with Crippen molar-refractivity contribution in [2.75, 3.05) is 0 Å². The van der Waals surface area contributed by atoms with Crippen molar-refractivity contribution in [2.24, 2.45) is 5.73 Å². The van der Waals surface area contributed by atoms with E-state index in [1.807, 2.05) is 6.92 Å². The van der Waals surface area contributed by atoms with Crippen molar-refractivity contribution in [3.63, 3.8) is 0 Å². The zero-order chi connectivity index (χ0) is 13.3. The van der Waals surface area contributed by atoms with E-state index in [1.54, 1.807) is 12.1 Å². The molecule has 3 nitrogen and oxygen atoms in total. The van der Waals surface area contributed by atoms with Gasteiger partial charge in [-0.25, -0.2) is 9.37 Å². The summed E-state index contributed by atoms with van der Waals surface area (Å²) in [5, 5.41) is 0. The number of aryl methyl sites for hydroxylation is 1. The molecule has 0 bridgehead atoms. The van der Waals surface area contributed by atoms with Crippen LogP contribution in [0.3, 0.4) is 0 Å². The molecule has 2 rings (SSSR count). The summed E-state index contributed by atoms with van der Waals surface area (Å²) in [5.74, 6) is 0.888. The van der Waals surface area contributed by atoms with Crippen LogP contribution in [0.2, 0.25) is 0 Å². The van der Waals surface area contributed by atoms with Crippen LogP contribution in [0.5, 0.6) is 0 Å². The van der Waals surface area contributed by atoms with Crippen molar-refractivity contribution in [1.29, 1.82) is 0 Å². The van der Waals surface area contributed by atoms with Crippen LogP contribution in [0, 0.1) is 5.82 Å². The van der Waals surface area contributed by atoms with E-state index in [1.165, 1.54) is 6.07 Å². The molecule has 0 spiro atoms. The van der Waals surface area contributed by atoms with E-state index in [0.717, 1.165) is 29.8 Å². The molecule has 1 aromatic heterocycles. The van der Waals surface area contributed by atoms with Crippen LogP contribution in [0.25, 0.3) is 11.0 Å². The molecule has 0 radical (unpaired) electrons. The Balaban J connectivity index is 2.61. The first-order valence-corrected chi connectivity index (χ1v) is 6.45. The minimum Gasteiger partial charge on any atom is -0.328 e. The molecule has 2 N–H and O–H groups in total. The highest BCUT2D eigenvalue weighted by Gasteiger charge is 2.19. The van der Waals surface area contributed by atoms with E-state index in [4.69, 9.17) is 5.73 Å². The molecular formula is C14H20FN3. The monoisotopic (exact) mass is 249 g/mol. The number of benzene rings is 1. The summed E-state index contributed by atoms with van der Waals surface area (Å²) in [6, 6.07) is 4.76. The van der Waals surface area contributed by atoms with E-state index < -0.39 is 0 Å².